The van der Waals surface area contributed by atoms with Crippen molar-refractivity contribution in [3.05, 3.63) is 62.3 Å². The summed E-state index contributed by atoms with van der Waals surface area (Å²) in [4.78, 5) is 26.5. The molecule has 128 valence electrons. The zero-order valence-corrected chi connectivity index (χ0v) is 15.5. The maximum atomic E-state index is 12.3. The standard InChI is InChI=1S/C18H18N4OS2/c1-24-18-20-16-4-6-22(10-14(16)17(23)21-18)9-12-2-3-15(19-8-12)13-5-7-25-11-13/h2-3,5,7-8,11H,4,6,9-10H2,1H3,(H,20,21,23). The zero-order valence-electron chi connectivity index (χ0n) is 13.9. The van der Waals surface area contributed by atoms with Gasteiger partial charge in [0.05, 0.1) is 17.0 Å². The van der Waals surface area contributed by atoms with E-state index in [0.717, 1.165) is 47.6 Å². The molecule has 0 saturated heterocycles. The van der Waals surface area contributed by atoms with Gasteiger partial charge in [0.2, 0.25) is 0 Å². The van der Waals surface area contributed by atoms with Gasteiger partial charge in [0.25, 0.3) is 5.56 Å². The molecular formula is C18H18N4OS2. The molecule has 0 aliphatic carbocycles. The van der Waals surface area contributed by atoms with Crippen molar-refractivity contribution < 1.29 is 0 Å². The van der Waals surface area contributed by atoms with Crippen LogP contribution in [0.25, 0.3) is 11.3 Å². The Hall–Kier alpha value is -1.96. The fourth-order valence-electron chi connectivity index (χ4n) is 3.05. The molecular weight excluding hydrogens is 352 g/mol. The Kier molecular flexibility index (Phi) is 4.70. The second-order valence-corrected chi connectivity index (χ2v) is 7.60. The normalized spacial score (nSPS) is 14.4. The largest absolute Gasteiger partial charge is 0.301 e. The first-order chi connectivity index (χ1) is 12.2. The van der Waals surface area contributed by atoms with Crippen LogP contribution < -0.4 is 5.56 Å². The third-order valence-electron chi connectivity index (χ3n) is 4.37. The lowest BCUT2D eigenvalue weighted by molar-refractivity contribution is 0.240. The lowest BCUT2D eigenvalue weighted by Gasteiger charge is -2.27. The minimum absolute atomic E-state index is 0.00928. The van der Waals surface area contributed by atoms with E-state index < -0.39 is 0 Å². The minimum Gasteiger partial charge on any atom is -0.301 e. The molecule has 25 heavy (non-hydrogen) atoms. The average molecular weight is 371 g/mol. The number of hydrogen-bond acceptors (Lipinski definition) is 6. The van der Waals surface area contributed by atoms with E-state index in [-0.39, 0.29) is 5.56 Å². The van der Waals surface area contributed by atoms with Crippen molar-refractivity contribution in [3.63, 3.8) is 0 Å². The third kappa shape index (κ3) is 3.53. The molecule has 0 fully saturated rings. The number of thiophene rings is 1. The molecule has 1 N–H and O–H groups in total. The quantitative estimate of drug-likeness (QED) is 0.565. The van der Waals surface area contributed by atoms with Crippen molar-refractivity contribution in [3.8, 4) is 11.3 Å². The molecule has 5 nitrogen and oxygen atoms in total. The molecule has 0 radical (unpaired) electrons. The van der Waals surface area contributed by atoms with Crippen LogP contribution >= 0.6 is 23.1 Å². The van der Waals surface area contributed by atoms with Crippen LogP contribution in [0.1, 0.15) is 16.8 Å². The summed E-state index contributed by atoms with van der Waals surface area (Å²) >= 11 is 3.15. The van der Waals surface area contributed by atoms with Gasteiger partial charge in [-0.3, -0.25) is 14.7 Å². The number of fused-ring (bicyclic) bond motifs is 1. The van der Waals surface area contributed by atoms with Crippen LogP contribution in [0.3, 0.4) is 0 Å². The summed E-state index contributed by atoms with van der Waals surface area (Å²) in [5.74, 6) is 0. The van der Waals surface area contributed by atoms with Gasteiger partial charge in [0.15, 0.2) is 5.16 Å². The molecule has 4 rings (SSSR count). The first-order valence-electron chi connectivity index (χ1n) is 8.09. The molecule has 0 bridgehead atoms. The lowest BCUT2D eigenvalue weighted by Crippen LogP contribution is -2.35. The predicted molar refractivity (Wildman–Crippen MR) is 102 cm³/mol. The van der Waals surface area contributed by atoms with Crippen molar-refractivity contribution >= 4 is 23.1 Å². The van der Waals surface area contributed by atoms with Gasteiger partial charge >= 0.3 is 0 Å². The van der Waals surface area contributed by atoms with E-state index in [2.05, 4.69) is 48.8 Å². The van der Waals surface area contributed by atoms with Crippen molar-refractivity contribution in [1.29, 1.82) is 0 Å². The van der Waals surface area contributed by atoms with Crippen LogP contribution in [0.5, 0.6) is 0 Å². The Balaban J connectivity index is 1.48. The molecule has 0 amide bonds. The molecule has 3 aromatic heterocycles. The Labute approximate surface area is 154 Å². The number of aromatic nitrogens is 3. The van der Waals surface area contributed by atoms with Gasteiger partial charge in [-0.25, -0.2) is 4.98 Å². The second kappa shape index (κ2) is 7.11. The van der Waals surface area contributed by atoms with Crippen molar-refractivity contribution in [2.75, 3.05) is 12.8 Å². The van der Waals surface area contributed by atoms with Gasteiger partial charge in [-0.05, 0) is 29.3 Å². The van der Waals surface area contributed by atoms with Crippen LogP contribution in [0, 0.1) is 0 Å². The van der Waals surface area contributed by atoms with Crippen LogP contribution in [0.2, 0.25) is 0 Å². The number of H-pyrrole nitrogens is 1. The molecule has 4 heterocycles. The summed E-state index contributed by atoms with van der Waals surface area (Å²) < 4.78 is 0. The maximum Gasteiger partial charge on any atom is 0.256 e. The van der Waals surface area contributed by atoms with Gasteiger partial charge in [-0.2, -0.15) is 11.3 Å². The molecule has 1 aliphatic rings. The highest BCUT2D eigenvalue weighted by molar-refractivity contribution is 7.98. The Morgan fingerprint density at radius 3 is 3.00 bits per heavy atom. The van der Waals surface area contributed by atoms with Crippen molar-refractivity contribution in [1.82, 2.24) is 19.9 Å². The van der Waals surface area contributed by atoms with Crippen LogP contribution in [-0.4, -0.2) is 32.7 Å². The Morgan fingerprint density at radius 1 is 1.36 bits per heavy atom. The molecule has 0 atom stereocenters. The number of nitrogens with one attached hydrogen (secondary N) is 1. The fraction of sp³-hybridized carbons (Fsp3) is 0.278. The molecule has 0 aromatic carbocycles. The molecule has 0 saturated carbocycles. The van der Waals surface area contributed by atoms with E-state index in [9.17, 15) is 4.79 Å². The zero-order chi connectivity index (χ0) is 17.2. The van der Waals surface area contributed by atoms with Crippen molar-refractivity contribution in [2.24, 2.45) is 0 Å². The summed E-state index contributed by atoms with van der Waals surface area (Å²) in [5, 5.41) is 4.86. The first-order valence-corrected chi connectivity index (χ1v) is 10.3. The van der Waals surface area contributed by atoms with E-state index >= 15 is 0 Å². The second-order valence-electron chi connectivity index (χ2n) is 6.02. The summed E-state index contributed by atoms with van der Waals surface area (Å²) in [7, 11) is 0. The number of nitrogens with zero attached hydrogens (tertiary/aromatic N) is 3. The Morgan fingerprint density at radius 2 is 2.28 bits per heavy atom. The maximum absolute atomic E-state index is 12.3. The lowest BCUT2D eigenvalue weighted by atomic mass is 10.1. The number of aromatic amines is 1. The van der Waals surface area contributed by atoms with Gasteiger partial charge < -0.3 is 4.98 Å². The first kappa shape index (κ1) is 16.5. The van der Waals surface area contributed by atoms with Crippen molar-refractivity contribution in [2.45, 2.75) is 24.7 Å². The van der Waals surface area contributed by atoms with E-state index in [1.54, 1.807) is 11.3 Å². The van der Waals surface area contributed by atoms with Crippen LogP contribution in [-0.2, 0) is 19.5 Å². The van der Waals surface area contributed by atoms with Crippen LogP contribution in [0.15, 0.2) is 45.1 Å². The molecule has 0 unspecified atom stereocenters. The molecule has 3 aromatic rings. The highest BCUT2D eigenvalue weighted by Gasteiger charge is 2.21. The van der Waals surface area contributed by atoms with Gasteiger partial charge in [0, 0.05) is 43.2 Å². The van der Waals surface area contributed by atoms with E-state index in [4.69, 9.17) is 0 Å². The SMILES string of the molecule is CSc1nc2c(c(=O)[nH]1)CN(Cc1ccc(-c3ccsc3)nc1)CC2. The highest BCUT2D eigenvalue weighted by Crippen LogP contribution is 2.21. The van der Waals surface area contributed by atoms with E-state index in [1.165, 1.54) is 11.8 Å². The topological polar surface area (TPSA) is 61.9 Å². The number of pyridine rings is 1. The smallest absolute Gasteiger partial charge is 0.256 e. The van der Waals surface area contributed by atoms with Gasteiger partial charge in [0.1, 0.15) is 0 Å². The minimum atomic E-state index is -0.00928. The van der Waals surface area contributed by atoms with E-state index in [0.29, 0.717) is 11.7 Å². The monoisotopic (exact) mass is 370 g/mol. The average Bonchev–Trinajstić information content (AvgIpc) is 3.17. The van der Waals surface area contributed by atoms with Crippen LogP contribution in [0.4, 0.5) is 0 Å². The third-order valence-corrected chi connectivity index (χ3v) is 5.63. The van der Waals surface area contributed by atoms with E-state index in [1.807, 2.05) is 12.5 Å². The number of hydrogen-bond donors (Lipinski definition) is 1. The highest BCUT2D eigenvalue weighted by atomic mass is 32.2. The van der Waals surface area contributed by atoms with Gasteiger partial charge in [-0.1, -0.05) is 17.8 Å². The Bertz CT molecular complexity index is 919. The summed E-state index contributed by atoms with van der Waals surface area (Å²) in [6.45, 7) is 2.34. The molecule has 0 spiro atoms. The summed E-state index contributed by atoms with van der Waals surface area (Å²) in [6, 6.07) is 6.26. The number of rotatable bonds is 4. The molecule has 7 heteroatoms. The predicted octanol–water partition coefficient (Wildman–Crippen LogP) is 3.17. The number of thioether (sulfide) groups is 1. The van der Waals surface area contributed by atoms with Gasteiger partial charge in [-0.15, -0.1) is 0 Å². The molecule has 1 aliphatic heterocycles. The fourth-order valence-corrected chi connectivity index (χ4v) is 4.09. The summed E-state index contributed by atoms with van der Waals surface area (Å²) in [6.07, 6.45) is 4.67. The summed E-state index contributed by atoms with van der Waals surface area (Å²) in [5.41, 5.74) is 5.05.